The van der Waals surface area contributed by atoms with Gasteiger partial charge in [-0.1, -0.05) is 13.3 Å². The van der Waals surface area contributed by atoms with Crippen molar-refractivity contribution < 1.29 is 0 Å². The summed E-state index contributed by atoms with van der Waals surface area (Å²) in [6, 6.07) is 0. The maximum Gasteiger partial charge on any atom is 0.191 e. The first-order valence-electron chi connectivity index (χ1n) is 8.03. The summed E-state index contributed by atoms with van der Waals surface area (Å²) in [6.45, 7) is 9.08. The third-order valence-corrected chi connectivity index (χ3v) is 4.26. The highest BCUT2D eigenvalue weighted by atomic mass is 127. The lowest BCUT2D eigenvalue weighted by molar-refractivity contribution is 0.202. The van der Waals surface area contributed by atoms with E-state index in [0.29, 0.717) is 5.92 Å². The van der Waals surface area contributed by atoms with E-state index in [1.807, 2.05) is 0 Å². The van der Waals surface area contributed by atoms with E-state index in [4.69, 9.17) is 5.73 Å². The minimum absolute atomic E-state index is 0. The van der Waals surface area contributed by atoms with Gasteiger partial charge in [0.15, 0.2) is 5.96 Å². The van der Waals surface area contributed by atoms with Crippen molar-refractivity contribution in [3.63, 3.8) is 0 Å². The number of halogens is 1. The highest BCUT2D eigenvalue weighted by molar-refractivity contribution is 14.0. The SMILES string of the molecule is CC(CN=C(N)N1CCCCC1)CN1CCCCC1.I. The van der Waals surface area contributed by atoms with E-state index < -0.39 is 0 Å². The zero-order chi connectivity index (χ0) is 13.5. The van der Waals surface area contributed by atoms with Crippen molar-refractivity contribution in [1.82, 2.24) is 9.80 Å². The molecule has 0 amide bonds. The monoisotopic (exact) mass is 394 g/mol. The fourth-order valence-corrected chi connectivity index (χ4v) is 3.11. The number of nitrogens with two attached hydrogens (primary N) is 1. The molecule has 0 aromatic heterocycles. The fraction of sp³-hybridized carbons (Fsp3) is 0.933. The van der Waals surface area contributed by atoms with Gasteiger partial charge < -0.3 is 15.5 Å². The average molecular weight is 394 g/mol. The molecule has 2 saturated heterocycles. The summed E-state index contributed by atoms with van der Waals surface area (Å²) in [5.74, 6) is 1.38. The van der Waals surface area contributed by atoms with Gasteiger partial charge >= 0.3 is 0 Å². The molecule has 0 aliphatic carbocycles. The van der Waals surface area contributed by atoms with Crippen molar-refractivity contribution in [2.45, 2.75) is 45.4 Å². The van der Waals surface area contributed by atoms with Gasteiger partial charge in [0.05, 0.1) is 0 Å². The summed E-state index contributed by atoms with van der Waals surface area (Å²) in [4.78, 5) is 9.44. The van der Waals surface area contributed by atoms with E-state index in [9.17, 15) is 0 Å². The second kappa shape index (κ2) is 9.82. The molecule has 2 N–H and O–H groups in total. The maximum absolute atomic E-state index is 6.09. The van der Waals surface area contributed by atoms with Gasteiger partial charge in [-0.2, -0.15) is 0 Å². The summed E-state index contributed by atoms with van der Waals surface area (Å²) in [5, 5.41) is 0. The van der Waals surface area contributed by atoms with E-state index in [-0.39, 0.29) is 24.0 Å². The molecule has 5 heteroatoms. The van der Waals surface area contributed by atoms with Gasteiger partial charge in [0.2, 0.25) is 0 Å². The Balaban J connectivity index is 0.00000200. The molecule has 0 radical (unpaired) electrons. The van der Waals surface area contributed by atoms with Gasteiger partial charge in [0, 0.05) is 26.2 Å². The summed E-state index contributed by atoms with van der Waals surface area (Å²) in [5.41, 5.74) is 6.09. The molecule has 0 saturated carbocycles. The number of guanidine groups is 1. The van der Waals surface area contributed by atoms with Gasteiger partial charge in [-0.3, -0.25) is 4.99 Å². The highest BCUT2D eigenvalue weighted by Gasteiger charge is 2.15. The fourth-order valence-electron chi connectivity index (χ4n) is 3.11. The maximum atomic E-state index is 6.09. The van der Waals surface area contributed by atoms with Crippen LogP contribution < -0.4 is 5.73 Å². The van der Waals surface area contributed by atoms with Crippen molar-refractivity contribution in [2.24, 2.45) is 16.6 Å². The van der Waals surface area contributed by atoms with Crippen LogP contribution >= 0.6 is 24.0 Å². The summed E-state index contributed by atoms with van der Waals surface area (Å²) in [7, 11) is 0. The normalized spacial score (nSPS) is 23.2. The number of likely N-dealkylation sites (tertiary alicyclic amines) is 2. The molecule has 1 atom stereocenters. The van der Waals surface area contributed by atoms with E-state index in [0.717, 1.165) is 25.6 Å². The zero-order valence-corrected chi connectivity index (χ0v) is 15.2. The van der Waals surface area contributed by atoms with Crippen molar-refractivity contribution in [3.8, 4) is 0 Å². The predicted octanol–water partition coefficient (Wildman–Crippen LogP) is 2.53. The lowest BCUT2D eigenvalue weighted by atomic mass is 10.1. The molecule has 4 nitrogen and oxygen atoms in total. The lowest BCUT2D eigenvalue weighted by Crippen LogP contribution is -2.41. The molecule has 2 heterocycles. The molecule has 2 aliphatic rings. The van der Waals surface area contributed by atoms with Crippen LogP contribution in [0.2, 0.25) is 0 Å². The molecule has 20 heavy (non-hydrogen) atoms. The Bertz CT molecular complexity index is 284. The third kappa shape index (κ3) is 6.16. The van der Waals surface area contributed by atoms with Crippen LogP contribution in [0.15, 0.2) is 4.99 Å². The van der Waals surface area contributed by atoms with Gasteiger partial charge in [-0.25, -0.2) is 0 Å². The van der Waals surface area contributed by atoms with Crippen LogP contribution in [-0.2, 0) is 0 Å². The Morgan fingerprint density at radius 3 is 2.15 bits per heavy atom. The Labute approximate surface area is 141 Å². The van der Waals surface area contributed by atoms with E-state index in [1.165, 1.54) is 58.2 Å². The Morgan fingerprint density at radius 1 is 1.00 bits per heavy atom. The summed E-state index contributed by atoms with van der Waals surface area (Å²) >= 11 is 0. The first-order chi connectivity index (χ1) is 9.25. The molecule has 0 bridgehead atoms. The van der Waals surface area contributed by atoms with Crippen LogP contribution in [-0.4, -0.2) is 55.0 Å². The Hall–Kier alpha value is -0.0400. The first kappa shape index (κ1) is 18.0. The minimum atomic E-state index is 0. The molecule has 0 spiro atoms. The number of hydrogen-bond acceptors (Lipinski definition) is 2. The quantitative estimate of drug-likeness (QED) is 0.453. The van der Waals surface area contributed by atoms with Gasteiger partial charge in [0.25, 0.3) is 0 Å². The third-order valence-electron chi connectivity index (χ3n) is 4.26. The Morgan fingerprint density at radius 2 is 1.55 bits per heavy atom. The molecular weight excluding hydrogens is 363 g/mol. The topological polar surface area (TPSA) is 44.9 Å². The molecule has 2 aliphatic heterocycles. The van der Waals surface area contributed by atoms with E-state index in [2.05, 4.69) is 21.7 Å². The second-order valence-electron chi connectivity index (χ2n) is 6.21. The van der Waals surface area contributed by atoms with Gasteiger partial charge in [0.1, 0.15) is 0 Å². The van der Waals surface area contributed by atoms with Crippen LogP contribution in [0.1, 0.15) is 45.4 Å². The number of aliphatic imine (C=N–C) groups is 1. The molecule has 2 fully saturated rings. The number of piperidine rings is 2. The second-order valence-corrected chi connectivity index (χ2v) is 6.21. The molecule has 0 aromatic carbocycles. The largest absolute Gasteiger partial charge is 0.370 e. The zero-order valence-electron chi connectivity index (χ0n) is 12.9. The smallest absolute Gasteiger partial charge is 0.191 e. The first-order valence-corrected chi connectivity index (χ1v) is 8.03. The van der Waals surface area contributed by atoms with Crippen molar-refractivity contribution >= 4 is 29.9 Å². The van der Waals surface area contributed by atoms with Crippen LogP contribution in [0.5, 0.6) is 0 Å². The number of hydrogen-bond donors (Lipinski definition) is 1. The van der Waals surface area contributed by atoms with Crippen LogP contribution in [0.25, 0.3) is 0 Å². The average Bonchev–Trinajstić information content (AvgIpc) is 2.47. The van der Waals surface area contributed by atoms with Gasteiger partial charge in [-0.15, -0.1) is 24.0 Å². The van der Waals surface area contributed by atoms with E-state index in [1.54, 1.807) is 0 Å². The number of rotatable bonds is 4. The van der Waals surface area contributed by atoms with Crippen molar-refractivity contribution in [2.75, 3.05) is 39.3 Å². The van der Waals surface area contributed by atoms with E-state index >= 15 is 0 Å². The predicted molar refractivity (Wildman–Crippen MR) is 96.8 cm³/mol. The van der Waals surface area contributed by atoms with Crippen LogP contribution in [0.3, 0.4) is 0 Å². The van der Waals surface area contributed by atoms with Crippen molar-refractivity contribution in [3.05, 3.63) is 0 Å². The van der Waals surface area contributed by atoms with Crippen LogP contribution in [0.4, 0.5) is 0 Å². The minimum Gasteiger partial charge on any atom is -0.370 e. The standard InChI is InChI=1S/C15H30N4.HI/c1-14(13-18-8-4-2-5-9-18)12-17-15(16)19-10-6-3-7-11-19;/h14H,2-13H2,1H3,(H2,16,17);1H. The molecule has 1 unspecified atom stereocenters. The molecular formula is C15H31IN4. The Kier molecular flexibility index (Phi) is 8.84. The molecule has 0 aromatic rings. The lowest BCUT2D eigenvalue weighted by Gasteiger charge is -2.29. The van der Waals surface area contributed by atoms with Crippen molar-refractivity contribution in [1.29, 1.82) is 0 Å². The molecule has 118 valence electrons. The number of nitrogens with zero attached hydrogens (tertiary/aromatic N) is 3. The summed E-state index contributed by atoms with van der Waals surface area (Å²) < 4.78 is 0. The summed E-state index contributed by atoms with van der Waals surface area (Å²) in [6.07, 6.45) is 8.01. The highest BCUT2D eigenvalue weighted by Crippen LogP contribution is 2.12. The van der Waals surface area contributed by atoms with Gasteiger partial charge in [-0.05, 0) is 51.1 Å². The van der Waals surface area contributed by atoms with Crippen LogP contribution in [0, 0.1) is 5.92 Å². The molecule has 2 rings (SSSR count).